The van der Waals surface area contributed by atoms with Gasteiger partial charge >= 0.3 is 0 Å². The SMILES string of the molecule is CCCC1=CCCC=C1.CN1CCCC1CNc1cc(=O)n(CC2(O)CCN(C=O)CC2)cn1. The lowest BCUT2D eigenvalue weighted by atomic mass is 9.91. The van der Waals surface area contributed by atoms with Gasteiger partial charge in [0.05, 0.1) is 18.5 Å². The first-order chi connectivity index (χ1) is 16.4. The van der Waals surface area contributed by atoms with E-state index in [1.165, 1.54) is 54.6 Å². The molecule has 1 unspecified atom stereocenters. The molecule has 0 spiro atoms. The number of carbonyl (C=O) groups excluding carboxylic acids is 1. The molecule has 8 heteroatoms. The fraction of sp³-hybridized carbons (Fsp3) is 0.654. The maximum Gasteiger partial charge on any atom is 0.255 e. The van der Waals surface area contributed by atoms with Gasteiger partial charge in [-0.15, -0.1) is 0 Å². The molecule has 0 radical (unpaired) electrons. The summed E-state index contributed by atoms with van der Waals surface area (Å²) in [7, 11) is 2.11. The molecule has 1 aromatic heterocycles. The predicted octanol–water partition coefficient (Wildman–Crippen LogP) is 2.80. The molecule has 2 N–H and O–H groups in total. The Labute approximate surface area is 203 Å². The minimum Gasteiger partial charge on any atom is -0.388 e. The van der Waals surface area contributed by atoms with E-state index in [0.717, 1.165) is 25.9 Å². The average Bonchev–Trinajstić information content (AvgIpc) is 3.26. The van der Waals surface area contributed by atoms with Crippen molar-refractivity contribution in [3.63, 3.8) is 0 Å². The molecule has 0 bridgehead atoms. The molecule has 1 atom stereocenters. The van der Waals surface area contributed by atoms with Gasteiger partial charge in [0.25, 0.3) is 5.56 Å². The van der Waals surface area contributed by atoms with Crippen molar-refractivity contribution in [1.82, 2.24) is 19.4 Å². The van der Waals surface area contributed by atoms with Crippen molar-refractivity contribution in [2.45, 2.75) is 76.5 Å². The molecule has 2 fully saturated rings. The van der Waals surface area contributed by atoms with E-state index in [0.29, 0.717) is 37.8 Å². The summed E-state index contributed by atoms with van der Waals surface area (Å²) in [5.41, 5.74) is 0.388. The Kier molecular flexibility index (Phi) is 9.89. The Balaban J connectivity index is 0.000000302. The highest BCUT2D eigenvalue weighted by Gasteiger charge is 2.32. The third kappa shape index (κ3) is 7.81. The van der Waals surface area contributed by atoms with Gasteiger partial charge < -0.3 is 20.2 Å². The molecule has 188 valence electrons. The fourth-order valence-corrected chi connectivity index (χ4v) is 4.76. The van der Waals surface area contributed by atoms with E-state index in [9.17, 15) is 14.7 Å². The lowest BCUT2D eigenvalue weighted by molar-refractivity contribution is -0.122. The number of amides is 1. The van der Waals surface area contributed by atoms with Gasteiger partial charge in [-0.2, -0.15) is 0 Å². The number of likely N-dealkylation sites (tertiary alicyclic amines) is 2. The van der Waals surface area contributed by atoms with E-state index < -0.39 is 5.60 Å². The van der Waals surface area contributed by atoms with Gasteiger partial charge in [-0.05, 0) is 58.5 Å². The highest BCUT2D eigenvalue weighted by Crippen LogP contribution is 2.23. The Morgan fingerprint density at radius 3 is 2.65 bits per heavy atom. The smallest absolute Gasteiger partial charge is 0.255 e. The van der Waals surface area contributed by atoms with Crippen LogP contribution in [0.1, 0.15) is 58.3 Å². The third-order valence-electron chi connectivity index (χ3n) is 7.02. The lowest BCUT2D eigenvalue weighted by Gasteiger charge is -2.36. The van der Waals surface area contributed by atoms with Crippen LogP contribution in [0, 0.1) is 0 Å². The molecule has 3 aliphatic rings. The maximum atomic E-state index is 12.3. The van der Waals surface area contributed by atoms with E-state index in [-0.39, 0.29) is 12.1 Å². The number of rotatable bonds is 8. The van der Waals surface area contributed by atoms with Crippen LogP contribution in [0.3, 0.4) is 0 Å². The molecule has 4 rings (SSSR count). The molecule has 2 aliphatic heterocycles. The first kappa shape index (κ1) is 26.2. The zero-order chi connectivity index (χ0) is 24.4. The number of aromatic nitrogens is 2. The van der Waals surface area contributed by atoms with Gasteiger partial charge in [-0.3, -0.25) is 14.2 Å². The number of aliphatic hydroxyl groups is 1. The van der Waals surface area contributed by atoms with Gasteiger partial charge in [0, 0.05) is 31.7 Å². The maximum absolute atomic E-state index is 12.3. The van der Waals surface area contributed by atoms with Crippen LogP contribution in [-0.2, 0) is 11.3 Å². The van der Waals surface area contributed by atoms with E-state index >= 15 is 0 Å². The molecule has 3 heterocycles. The van der Waals surface area contributed by atoms with Gasteiger partial charge in [-0.25, -0.2) is 4.98 Å². The molecule has 1 aliphatic carbocycles. The fourth-order valence-electron chi connectivity index (χ4n) is 4.76. The predicted molar refractivity (Wildman–Crippen MR) is 136 cm³/mol. The normalized spacial score (nSPS) is 22.0. The number of hydrogen-bond acceptors (Lipinski definition) is 6. The summed E-state index contributed by atoms with van der Waals surface area (Å²) in [6.45, 7) is 5.34. The third-order valence-corrected chi connectivity index (χ3v) is 7.02. The average molecular weight is 472 g/mol. The second-order valence-corrected chi connectivity index (χ2v) is 9.77. The van der Waals surface area contributed by atoms with Crippen molar-refractivity contribution in [3.8, 4) is 0 Å². The molecule has 34 heavy (non-hydrogen) atoms. The Morgan fingerprint density at radius 2 is 2.06 bits per heavy atom. The highest BCUT2D eigenvalue weighted by molar-refractivity contribution is 5.47. The van der Waals surface area contributed by atoms with Crippen molar-refractivity contribution in [2.75, 3.05) is 38.5 Å². The van der Waals surface area contributed by atoms with Crippen LogP contribution < -0.4 is 10.9 Å². The molecule has 2 saturated heterocycles. The molecule has 1 amide bonds. The number of allylic oxidation sites excluding steroid dienone is 4. The molecular formula is C26H41N5O3. The van der Waals surface area contributed by atoms with Crippen molar-refractivity contribution in [2.24, 2.45) is 0 Å². The van der Waals surface area contributed by atoms with Crippen molar-refractivity contribution >= 4 is 12.2 Å². The van der Waals surface area contributed by atoms with E-state index in [2.05, 4.69) is 47.4 Å². The summed E-state index contributed by atoms with van der Waals surface area (Å²) >= 11 is 0. The second kappa shape index (κ2) is 12.9. The second-order valence-electron chi connectivity index (χ2n) is 9.77. The van der Waals surface area contributed by atoms with Crippen LogP contribution >= 0.6 is 0 Å². The molecule has 8 nitrogen and oxygen atoms in total. The van der Waals surface area contributed by atoms with Crippen molar-refractivity contribution < 1.29 is 9.90 Å². The Hall–Kier alpha value is -2.45. The molecule has 0 aromatic carbocycles. The zero-order valence-corrected chi connectivity index (χ0v) is 20.8. The monoisotopic (exact) mass is 471 g/mol. The summed E-state index contributed by atoms with van der Waals surface area (Å²) in [6, 6.07) is 1.96. The molecule has 0 saturated carbocycles. The quantitative estimate of drug-likeness (QED) is 0.567. The summed E-state index contributed by atoms with van der Waals surface area (Å²) in [6.07, 6.45) is 17.5. The Bertz CT molecular complexity index is 902. The molecular weight excluding hydrogens is 430 g/mol. The van der Waals surface area contributed by atoms with Gasteiger partial charge in [0.15, 0.2) is 0 Å². The van der Waals surface area contributed by atoms with Crippen LogP contribution in [0.4, 0.5) is 5.82 Å². The summed E-state index contributed by atoms with van der Waals surface area (Å²) in [5.74, 6) is 0.573. The lowest BCUT2D eigenvalue weighted by Crippen LogP contribution is -2.47. The minimum absolute atomic E-state index is 0.177. The van der Waals surface area contributed by atoms with Gasteiger partial charge in [0.1, 0.15) is 5.82 Å². The zero-order valence-electron chi connectivity index (χ0n) is 20.8. The number of nitrogens with one attached hydrogen (secondary N) is 1. The summed E-state index contributed by atoms with van der Waals surface area (Å²) in [5, 5.41) is 13.9. The van der Waals surface area contributed by atoms with E-state index in [1.54, 1.807) is 4.90 Å². The number of nitrogens with zero attached hydrogens (tertiary/aromatic N) is 4. The van der Waals surface area contributed by atoms with Crippen LogP contribution in [0.25, 0.3) is 0 Å². The van der Waals surface area contributed by atoms with Crippen LogP contribution in [0.15, 0.2) is 41.0 Å². The summed E-state index contributed by atoms with van der Waals surface area (Å²) < 4.78 is 1.45. The number of carbonyl (C=O) groups is 1. The van der Waals surface area contributed by atoms with Crippen molar-refractivity contribution in [3.05, 3.63) is 46.5 Å². The highest BCUT2D eigenvalue weighted by atomic mass is 16.3. The van der Waals surface area contributed by atoms with Gasteiger partial charge in [-0.1, -0.05) is 37.1 Å². The minimum atomic E-state index is -0.966. The number of piperidine rings is 1. The standard InChI is InChI=1S/C17H27N5O3.C9H14/c1-20-6-2-3-14(20)10-18-15-9-16(24)22(12-19-15)11-17(25)4-7-21(13-23)8-5-17;1-2-6-9-7-4-3-5-8-9/h9,12-14,18,25H,2-8,10-11H2,1H3;4,7-8H,2-3,5-6H2,1H3. The largest absolute Gasteiger partial charge is 0.388 e. The molecule has 1 aromatic rings. The number of hydrogen-bond donors (Lipinski definition) is 2. The van der Waals surface area contributed by atoms with Gasteiger partial charge in [0.2, 0.25) is 6.41 Å². The van der Waals surface area contributed by atoms with Crippen LogP contribution in [0.5, 0.6) is 0 Å². The van der Waals surface area contributed by atoms with Crippen LogP contribution in [0.2, 0.25) is 0 Å². The first-order valence-electron chi connectivity index (χ1n) is 12.7. The summed E-state index contributed by atoms with van der Waals surface area (Å²) in [4.78, 5) is 31.4. The van der Waals surface area contributed by atoms with E-state index in [1.807, 2.05) is 0 Å². The van der Waals surface area contributed by atoms with Crippen molar-refractivity contribution in [1.29, 1.82) is 0 Å². The topological polar surface area (TPSA) is 90.7 Å². The first-order valence-corrected chi connectivity index (χ1v) is 12.7. The Morgan fingerprint density at radius 1 is 1.26 bits per heavy atom. The van der Waals surface area contributed by atoms with Crippen LogP contribution in [-0.4, -0.2) is 75.7 Å². The number of anilines is 1. The number of likely N-dealkylation sites (N-methyl/N-ethyl adjacent to an activating group) is 1. The van der Waals surface area contributed by atoms with E-state index in [4.69, 9.17) is 0 Å².